The van der Waals surface area contributed by atoms with Gasteiger partial charge in [0.15, 0.2) is 9.84 Å². The lowest BCUT2D eigenvalue weighted by molar-refractivity contribution is -0.141. The predicted octanol–water partition coefficient (Wildman–Crippen LogP) is 2.74. The molecule has 2 atom stereocenters. The molecule has 0 bridgehead atoms. The second kappa shape index (κ2) is 7.36. The molecule has 6 nitrogen and oxygen atoms in total. The molecule has 8 heteroatoms. The molecule has 0 unspecified atom stereocenters. The van der Waals surface area contributed by atoms with E-state index in [0.29, 0.717) is 11.1 Å². The highest BCUT2D eigenvalue weighted by atomic mass is 32.2. The van der Waals surface area contributed by atoms with Crippen LogP contribution in [0.15, 0.2) is 54.1 Å². The highest BCUT2D eigenvalue weighted by molar-refractivity contribution is 7.91. The monoisotopic (exact) mass is 429 g/mol. The van der Waals surface area contributed by atoms with Crippen molar-refractivity contribution in [3.63, 3.8) is 0 Å². The van der Waals surface area contributed by atoms with Gasteiger partial charge in [-0.2, -0.15) is 0 Å². The Kier molecular flexibility index (Phi) is 4.97. The second-order valence-corrected chi connectivity index (χ2v) is 9.91. The molecule has 2 aromatic carbocycles. The lowest BCUT2D eigenvalue weighted by Crippen LogP contribution is -2.40. The van der Waals surface area contributed by atoms with E-state index in [1.807, 2.05) is 6.92 Å². The summed E-state index contributed by atoms with van der Waals surface area (Å²) in [6.45, 7) is 1.87. The highest BCUT2D eigenvalue weighted by Gasteiger charge is 2.50. The quantitative estimate of drug-likeness (QED) is 0.460. The summed E-state index contributed by atoms with van der Waals surface area (Å²) >= 11 is 0. The van der Waals surface area contributed by atoms with Gasteiger partial charge in [-0.3, -0.25) is 9.59 Å². The van der Waals surface area contributed by atoms with E-state index in [9.17, 15) is 27.5 Å². The number of Topliss-reactive ketones (excluding diaryl/α,β-unsaturated/α-hetero) is 1. The van der Waals surface area contributed by atoms with E-state index in [4.69, 9.17) is 0 Å². The zero-order chi connectivity index (χ0) is 21.6. The third-order valence-corrected chi connectivity index (χ3v) is 7.32. The van der Waals surface area contributed by atoms with Crippen molar-refractivity contribution in [3.05, 3.63) is 76.6 Å². The van der Waals surface area contributed by atoms with E-state index < -0.39 is 39.4 Å². The Morgan fingerprint density at radius 2 is 1.83 bits per heavy atom. The number of aryl methyl sites for hydroxylation is 1. The average molecular weight is 429 g/mol. The summed E-state index contributed by atoms with van der Waals surface area (Å²) in [6.07, 6.45) is 0.186. The maximum Gasteiger partial charge on any atom is 0.295 e. The number of halogens is 1. The molecule has 156 valence electrons. The van der Waals surface area contributed by atoms with Crippen molar-refractivity contribution >= 4 is 27.3 Å². The lowest BCUT2D eigenvalue weighted by atomic mass is 9.94. The molecule has 30 heavy (non-hydrogen) atoms. The van der Waals surface area contributed by atoms with Crippen molar-refractivity contribution in [2.24, 2.45) is 0 Å². The Labute approximate surface area is 173 Å². The maximum absolute atomic E-state index is 14.0. The zero-order valence-corrected chi connectivity index (χ0v) is 17.0. The molecular weight excluding hydrogens is 409 g/mol. The Hall–Kier alpha value is -3.00. The van der Waals surface area contributed by atoms with Crippen molar-refractivity contribution in [2.45, 2.75) is 25.4 Å². The van der Waals surface area contributed by atoms with Crippen LogP contribution >= 0.6 is 0 Å². The number of benzene rings is 2. The average Bonchev–Trinajstić information content (AvgIpc) is 3.18. The third kappa shape index (κ3) is 3.52. The number of likely N-dealkylation sites (tertiary alicyclic amines) is 1. The Bertz CT molecular complexity index is 1170. The van der Waals surface area contributed by atoms with Crippen LogP contribution < -0.4 is 0 Å². The molecule has 4 rings (SSSR count). The molecule has 0 aliphatic carbocycles. The smallest absolute Gasteiger partial charge is 0.295 e. The van der Waals surface area contributed by atoms with Gasteiger partial charge in [-0.1, -0.05) is 42.0 Å². The van der Waals surface area contributed by atoms with Gasteiger partial charge in [0, 0.05) is 11.6 Å². The molecule has 2 aromatic rings. The van der Waals surface area contributed by atoms with Gasteiger partial charge in [0.25, 0.3) is 11.7 Å². The van der Waals surface area contributed by atoms with E-state index in [-0.39, 0.29) is 29.3 Å². The van der Waals surface area contributed by atoms with Crippen molar-refractivity contribution in [1.82, 2.24) is 4.90 Å². The summed E-state index contributed by atoms with van der Waals surface area (Å²) in [4.78, 5) is 27.0. The summed E-state index contributed by atoms with van der Waals surface area (Å²) in [5, 5.41) is 10.9. The fourth-order valence-electron chi connectivity index (χ4n) is 4.09. The number of aliphatic hydroxyl groups excluding tert-OH is 1. The number of sulfone groups is 1. The first-order valence-corrected chi connectivity index (χ1v) is 11.3. The van der Waals surface area contributed by atoms with Gasteiger partial charge >= 0.3 is 0 Å². The van der Waals surface area contributed by atoms with Gasteiger partial charge in [0.2, 0.25) is 0 Å². The van der Waals surface area contributed by atoms with Crippen LogP contribution in [0.25, 0.3) is 5.76 Å². The second-order valence-electron chi connectivity index (χ2n) is 7.68. The molecule has 1 N–H and O–H groups in total. The molecule has 2 heterocycles. The summed E-state index contributed by atoms with van der Waals surface area (Å²) in [6, 6.07) is 10.4. The minimum absolute atomic E-state index is 0.0888. The summed E-state index contributed by atoms with van der Waals surface area (Å²) < 4.78 is 38.0. The van der Waals surface area contributed by atoms with E-state index >= 15 is 0 Å². The summed E-state index contributed by atoms with van der Waals surface area (Å²) in [5.41, 5.74) is 1.43. The number of carbonyl (C=O) groups excluding carboxylic acids is 2. The van der Waals surface area contributed by atoms with Crippen LogP contribution in [0.4, 0.5) is 4.39 Å². The van der Waals surface area contributed by atoms with Crippen LogP contribution in [-0.4, -0.2) is 47.7 Å². The predicted molar refractivity (Wildman–Crippen MR) is 109 cm³/mol. The van der Waals surface area contributed by atoms with Gasteiger partial charge in [0.05, 0.1) is 23.1 Å². The Morgan fingerprint density at radius 1 is 1.13 bits per heavy atom. The van der Waals surface area contributed by atoms with E-state index in [0.717, 1.165) is 5.56 Å². The van der Waals surface area contributed by atoms with Crippen LogP contribution in [0.3, 0.4) is 0 Å². The minimum atomic E-state index is -3.34. The van der Waals surface area contributed by atoms with Crippen molar-refractivity contribution in [1.29, 1.82) is 0 Å². The molecule has 0 saturated carbocycles. The maximum atomic E-state index is 14.0. The molecule has 2 saturated heterocycles. The Balaban J connectivity index is 1.90. The molecule has 2 fully saturated rings. The van der Waals surface area contributed by atoms with Crippen molar-refractivity contribution in [3.8, 4) is 0 Å². The molecule has 2 aliphatic rings. The van der Waals surface area contributed by atoms with Gasteiger partial charge in [0.1, 0.15) is 11.6 Å². The standard InChI is InChI=1S/C22H20FNO5S/c1-13-5-7-14(8-6-13)20(25)18-19(15-3-2-4-16(23)11-15)24(22(27)21(18)26)17-9-10-30(28,29)12-17/h2-8,11,17,19,25H,9-10,12H2,1H3/t17-,19+/m0/s1. The number of nitrogens with zero attached hydrogens (tertiary/aromatic N) is 1. The molecule has 0 radical (unpaired) electrons. The largest absolute Gasteiger partial charge is 0.507 e. The number of hydrogen-bond acceptors (Lipinski definition) is 5. The van der Waals surface area contributed by atoms with Crippen LogP contribution in [0.2, 0.25) is 0 Å². The van der Waals surface area contributed by atoms with Crippen molar-refractivity contribution < 1.29 is 27.5 Å². The number of aliphatic hydroxyl groups is 1. The minimum Gasteiger partial charge on any atom is -0.507 e. The summed E-state index contributed by atoms with van der Waals surface area (Å²) in [5.74, 6) is -3.09. The van der Waals surface area contributed by atoms with E-state index in [2.05, 4.69) is 0 Å². The Morgan fingerprint density at radius 3 is 2.43 bits per heavy atom. The fourth-order valence-corrected chi connectivity index (χ4v) is 5.80. The third-order valence-electron chi connectivity index (χ3n) is 5.57. The zero-order valence-electron chi connectivity index (χ0n) is 16.2. The van der Waals surface area contributed by atoms with Crippen LogP contribution in [0.1, 0.15) is 29.2 Å². The normalized spacial score (nSPS) is 25.1. The molecule has 0 spiro atoms. The number of amides is 1. The molecular formula is C22H20FNO5S. The molecule has 1 amide bonds. The number of carbonyl (C=O) groups is 2. The number of hydrogen-bond donors (Lipinski definition) is 1. The van der Waals surface area contributed by atoms with Crippen LogP contribution in [0, 0.1) is 12.7 Å². The van der Waals surface area contributed by atoms with E-state index in [1.165, 1.54) is 23.1 Å². The molecule has 2 aliphatic heterocycles. The topological polar surface area (TPSA) is 91.8 Å². The van der Waals surface area contributed by atoms with Crippen LogP contribution in [-0.2, 0) is 19.4 Å². The first kappa shape index (κ1) is 20.3. The summed E-state index contributed by atoms with van der Waals surface area (Å²) in [7, 11) is -3.34. The van der Waals surface area contributed by atoms with Crippen LogP contribution in [0.5, 0.6) is 0 Å². The molecule has 0 aromatic heterocycles. The highest BCUT2D eigenvalue weighted by Crippen LogP contribution is 2.42. The number of rotatable bonds is 3. The van der Waals surface area contributed by atoms with Gasteiger partial charge < -0.3 is 10.0 Å². The van der Waals surface area contributed by atoms with Gasteiger partial charge in [-0.05, 0) is 31.0 Å². The lowest BCUT2D eigenvalue weighted by Gasteiger charge is -2.30. The SMILES string of the molecule is Cc1ccc(C(O)=C2C(=O)C(=O)N([C@H]3CCS(=O)(=O)C3)[C@@H]2c2cccc(F)c2)cc1. The fraction of sp³-hybridized carbons (Fsp3) is 0.273. The van der Waals surface area contributed by atoms with Gasteiger partial charge in [-0.15, -0.1) is 0 Å². The first-order chi connectivity index (χ1) is 14.2. The van der Waals surface area contributed by atoms with E-state index in [1.54, 1.807) is 30.3 Å². The number of ketones is 1. The van der Waals surface area contributed by atoms with Crippen molar-refractivity contribution in [2.75, 3.05) is 11.5 Å². The first-order valence-electron chi connectivity index (χ1n) is 9.51. The van der Waals surface area contributed by atoms with Gasteiger partial charge in [-0.25, -0.2) is 12.8 Å².